The number of carbonyl (C=O) groups excluding carboxylic acids is 1. The number of amides is 1. The van der Waals surface area contributed by atoms with Crippen molar-refractivity contribution in [3.63, 3.8) is 0 Å². The number of nitrogens with one attached hydrogen (secondary N) is 1. The van der Waals surface area contributed by atoms with E-state index in [1.165, 1.54) is 23.3 Å². The Morgan fingerprint density at radius 2 is 2.10 bits per heavy atom. The van der Waals surface area contributed by atoms with Crippen LogP contribution in [0.15, 0.2) is 10.8 Å². The zero-order chi connectivity index (χ0) is 14.8. The van der Waals surface area contributed by atoms with Gasteiger partial charge in [-0.3, -0.25) is 4.79 Å². The van der Waals surface area contributed by atoms with E-state index in [9.17, 15) is 4.79 Å². The second-order valence-corrected chi connectivity index (χ2v) is 7.26. The van der Waals surface area contributed by atoms with Gasteiger partial charge in [0.2, 0.25) is 0 Å². The minimum atomic E-state index is 0.0359. The van der Waals surface area contributed by atoms with Gasteiger partial charge >= 0.3 is 0 Å². The number of hydrogen-bond donors (Lipinski definition) is 1. The Morgan fingerprint density at radius 1 is 1.29 bits per heavy atom. The smallest absolute Gasteiger partial charge is 0.252 e. The number of rotatable bonds is 4. The summed E-state index contributed by atoms with van der Waals surface area (Å²) in [6.07, 6.45) is 4.62. The third-order valence-corrected chi connectivity index (χ3v) is 5.80. The molecular weight excluding hydrogens is 302 g/mol. The van der Waals surface area contributed by atoms with Crippen LogP contribution in [0.5, 0.6) is 0 Å². The molecule has 1 amide bonds. The van der Waals surface area contributed by atoms with Gasteiger partial charge in [-0.1, -0.05) is 0 Å². The molecule has 2 aromatic heterocycles. The van der Waals surface area contributed by atoms with E-state index >= 15 is 0 Å². The Labute approximate surface area is 132 Å². The highest BCUT2D eigenvalue weighted by atomic mass is 32.1. The van der Waals surface area contributed by atoms with Crippen LogP contribution in [0.3, 0.4) is 0 Å². The summed E-state index contributed by atoms with van der Waals surface area (Å²) in [6, 6.07) is 0. The van der Waals surface area contributed by atoms with Gasteiger partial charge in [0.15, 0.2) is 5.13 Å². The summed E-state index contributed by atoms with van der Waals surface area (Å²) in [5.41, 5.74) is 3.06. The summed E-state index contributed by atoms with van der Waals surface area (Å²) in [6.45, 7) is 0.494. The Morgan fingerprint density at radius 3 is 2.86 bits per heavy atom. The van der Waals surface area contributed by atoms with E-state index in [0.717, 1.165) is 29.2 Å². The number of carbonyl (C=O) groups is 1. The number of nitrogens with zero attached hydrogens (tertiary/aromatic N) is 2. The largest absolute Gasteiger partial charge is 0.354 e. The third-order valence-electron chi connectivity index (χ3n) is 3.66. The predicted molar refractivity (Wildman–Crippen MR) is 88.6 cm³/mol. The van der Waals surface area contributed by atoms with Crippen LogP contribution < -0.4 is 10.2 Å². The van der Waals surface area contributed by atoms with Crippen molar-refractivity contribution >= 4 is 33.7 Å². The molecule has 0 radical (unpaired) electrons. The molecule has 4 nitrogen and oxygen atoms in total. The first-order valence-electron chi connectivity index (χ1n) is 7.14. The number of aromatic nitrogens is 1. The van der Waals surface area contributed by atoms with E-state index < -0.39 is 0 Å². The summed E-state index contributed by atoms with van der Waals surface area (Å²) in [4.78, 5) is 20.2. The first-order chi connectivity index (χ1) is 10.1. The molecule has 0 spiro atoms. The molecule has 0 aromatic carbocycles. The van der Waals surface area contributed by atoms with E-state index in [-0.39, 0.29) is 5.91 Å². The van der Waals surface area contributed by atoms with E-state index in [1.54, 1.807) is 22.7 Å². The Hall–Kier alpha value is -1.40. The fourth-order valence-corrected chi connectivity index (χ4v) is 4.42. The summed E-state index contributed by atoms with van der Waals surface area (Å²) < 4.78 is 0. The second-order valence-electron chi connectivity index (χ2n) is 5.46. The number of anilines is 1. The molecule has 0 aliphatic heterocycles. The zero-order valence-corrected chi connectivity index (χ0v) is 13.9. The van der Waals surface area contributed by atoms with Gasteiger partial charge in [0.25, 0.3) is 5.91 Å². The molecule has 2 aromatic rings. The van der Waals surface area contributed by atoms with Crippen LogP contribution in [0, 0.1) is 0 Å². The van der Waals surface area contributed by atoms with Crippen molar-refractivity contribution in [3.8, 4) is 0 Å². The van der Waals surface area contributed by atoms with E-state index in [4.69, 9.17) is 0 Å². The molecule has 112 valence electrons. The number of fused-ring (bicyclic) bond motifs is 1. The first-order valence-corrected chi connectivity index (χ1v) is 8.90. The van der Waals surface area contributed by atoms with Crippen molar-refractivity contribution in [1.82, 2.24) is 10.3 Å². The summed E-state index contributed by atoms with van der Waals surface area (Å²) in [5.74, 6) is 0.0359. The molecule has 1 N–H and O–H groups in total. The molecule has 0 bridgehead atoms. The van der Waals surface area contributed by atoms with Gasteiger partial charge < -0.3 is 10.2 Å². The van der Waals surface area contributed by atoms with Crippen molar-refractivity contribution in [1.29, 1.82) is 0 Å². The molecule has 6 heteroatoms. The van der Waals surface area contributed by atoms with Gasteiger partial charge in [-0.05, 0) is 31.2 Å². The van der Waals surface area contributed by atoms with Gasteiger partial charge in [0.05, 0.1) is 17.8 Å². The van der Waals surface area contributed by atoms with Gasteiger partial charge in [0, 0.05) is 29.7 Å². The quantitative estimate of drug-likeness (QED) is 0.941. The van der Waals surface area contributed by atoms with E-state index in [1.807, 2.05) is 29.8 Å². The van der Waals surface area contributed by atoms with Crippen LogP contribution in [0.1, 0.15) is 39.3 Å². The summed E-state index contributed by atoms with van der Waals surface area (Å²) in [7, 11) is 3.94. The number of thiazole rings is 1. The van der Waals surface area contributed by atoms with Crippen molar-refractivity contribution in [2.45, 2.75) is 32.2 Å². The Balaban J connectivity index is 1.65. The van der Waals surface area contributed by atoms with Gasteiger partial charge in [-0.25, -0.2) is 4.98 Å². The monoisotopic (exact) mass is 321 g/mol. The molecule has 1 aliphatic rings. The third kappa shape index (κ3) is 3.11. The van der Waals surface area contributed by atoms with Crippen molar-refractivity contribution < 1.29 is 4.79 Å². The van der Waals surface area contributed by atoms with Gasteiger partial charge in [0.1, 0.15) is 0 Å². The lowest BCUT2D eigenvalue weighted by Gasteiger charge is -2.12. The molecule has 0 saturated carbocycles. The van der Waals surface area contributed by atoms with Crippen molar-refractivity contribution in [3.05, 3.63) is 32.5 Å². The number of hydrogen-bond acceptors (Lipinski definition) is 5. The van der Waals surface area contributed by atoms with E-state index in [0.29, 0.717) is 6.54 Å². The Bertz CT molecular complexity index is 645. The SMILES string of the molecule is CN(C)c1nc(CNC(=O)c2csc3c2CCCC3)cs1. The molecule has 1 aliphatic carbocycles. The molecular formula is C15H19N3OS2. The number of thiophene rings is 1. The lowest BCUT2D eigenvalue weighted by atomic mass is 9.96. The van der Waals surface area contributed by atoms with Crippen molar-refractivity contribution in [2.24, 2.45) is 0 Å². The molecule has 0 unspecified atom stereocenters. The highest BCUT2D eigenvalue weighted by Crippen LogP contribution is 2.30. The number of aryl methyl sites for hydroxylation is 1. The summed E-state index contributed by atoms with van der Waals surface area (Å²) in [5, 5.41) is 7.97. The molecule has 0 saturated heterocycles. The van der Waals surface area contributed by atoms with Crippen LogP contribution in [0.25, 0.3) is 0 Å². The standard InChI is InChI=1S/C15H19N3OS2/c1-18(2)15-17-10(8-21-15)7-16-14(19)12-9-20-13-6-4-3-5-11(12)13/h8-9H,3-7H2,1-2H3,(H,16,19). The average Bonchev–Trinajstić information content (AvgIpc) is 3.11. The maximum absolute atomic E-state index is 12.4. The fraction of sp³-hybridized carbons (Fsp3) is 0.467. The van der Waals surface area contributed by atoms with Crippen LogP contribution >= 0.6 is 22.7 Å². The topological polar surface area (TPSA) is 45.2 Å². The summed E-state index contributed by atoms with van der Waals surface area (Å²) >= 11 is 3.32. The van der Waals surface area contributed by atoms with Gasteiger partial charge in [-0.15, -0.1) is 22.7 Å². The maximum atomic E-state index is 12.4. The van der Waals surface area contributed by atoms with Crippen LogP contribution in [-0.2, 0) is 19.4 Å². The van der Waals surface area contributed by atoms with Crippen molar-refractivity contribution in [2.75, 3.05) is 19.0 Å². The average molecular weight is 321 g/mol. The van der Waals surface area contributed by atoms with Crippen LogP contribution in [0.4, 0.5) is 5.13 Å². The highest BCUT2D eigenvalue weighted by molar-refractivity contribution is 7.13. The minimum Gasteiger partial charge on any atom is -0.354 e. The highest BCUT2D eigenvalue weighted by Gasteiger charge is 2.20. The first kappa shape index (κ1) is 14.5. The molecule has 0 fully saturated rings. The van der Waals surface area contributed by atoms with Crippen LogP contribution in [-0.4, -0.2) is 25.0 Å². The lowest BCUT2D eigenvalue weighted by molar-refractivity contribution is 0.0950. The predicted octanol–water partition coefficient (Wildman–Crippen LogP) is 3.08. The maximum Gasteiger partial charge on any atom is 0.252 e. The second kappa shape index (κ2) is 6.15. The van der Waals surface area contributed by atoms with Crippen LogP contribution in [0.2, 0.25) is 0 Å². The fourth-order valence-electron chi connectivity index (χ4n) is 2.53. The molecule has 2 heterocycles. The minimum absolute atomic E-state index is 0.0359. The lowest BCUT2D eigenvalue weighted by Crippen LogP contribution is -2.24. The van der Waals surface area contributed by atoms with Gasteiger partial charge in [-0.2, -0.15) is 0 Å². The molecule has 21 heavy (non-hydrogen) atoms. The Kier molecular flexibility index (Phi) is 4.26. The van der Waals surface area contributed by atoms with E-state index in [2.05, 4.69) is 10.3 Å². The molecule has 0 atom stereocenters. The molecule has 3 rings (SSSR count). The normalized spacial score (nSPS) is 13.8. The zero-order valence-electron chi connectivity index (χ0n) is 12.3.